The van der Waals surface area contributed by atoms with Crippen molar-refractivity contribution in [3.63, 3.8) is 0 Å². The van der Waals surface area contributed by atoms with Crippen LogP contribution in [-0.2, 0) is 0 Å². The number of nitrogens with zero attached hydrogens (tertiary/aromatic N) is 2. The number of thiophene rings is 2. The largest absolute Gasteiger partial charge is 0.478 e. The summed E-state index contributed by atoms with van der Waals surface area (Å²) in [7, 11) is 1.62. The third-order valence-corrected chi connectivity index (χ3v) is 10.0. The van der Waals surface area contributed by atoms with E-state index < -0.39 is 5.97 Å². The van der Waals surface area contributed by atoms with Crippen LogP contribution in [0.15, 0.2) is 71.4 Å². The van der Waals surface area contributed by atoms with Crippen molar-refractivity contribution in [2.24, 2.45) is 0 Å². The lowest BCUT2D eigenvalue weighted by Crippen LogP contribution is -2.35. The predicted octanol–water partition coefficient (Wildman–Crippen LogP) is 7.14. The summed E-state index contributed by atoms with van der Waals surface area (Å²) in [5.74, 6) is -0.791. The van der Waals surface area contributed by atoms with Gasteiger partial charge in [-0.05, 0) is 86.1 Å². The number of likely N-dealkylation sites (tertiary alicyclic amines) is 2. The maximum absolute atomic E-state index is 12.5. The molecule has 0 radical (unpaired) electrons. The normalized spacial score (nSPS) is 14.7. The minimum absolute atomic E-state index is 0.0938. The number of hydrogen-bond donors (Lipinski definition) is 2. The van der Waals surface area contributed by atoms with Gasteiger partial charge in [-0.25, -0.2) is 4.79 Å². The number of amides is 3. The van der Waals surface area contributed by atoms with Crippen molar-refractivity contribution in [1.29, 1.82) is 0 Å². The fourth-order valence-corrected chi connectivity index (χ4v) is 7.25. The fraction of sp³-hybridized carbons (Fsp3) is 0.314. The molecule has 0 spiro atoms. The number of carboxylic acid groups (broad SMARTS) is 1. The first-order valence-corrected chi connectivity index (χ1v) is 17.0. The van der Waals surface area contributed by atoms with E-state index in [9.17, 15) is 19.2 Å². The topological polar surface area (TPSA) is 107 Å². The second kappa shape index (κ2) is 15.1. The van der Waals surface area contributed by atoms with Crippen molar-refractivity contribution in [3.8, 4) is 20.9 Å². The molecule has 2 fully saturated rings. The van der Waals surface area contributed by atoms with Crippen LogP contribution in [-0.4, -0.2) is 71.8 Å². The molecule has 234 valence electrons. The van der Waals surface area contributed by atoms with Crippen LogP contribution in [0, 0.1) is 0 Å². The van der Waals surface area contributed by atoms with Crippen molar-refractivity contribution >= 4 is 46.4 Å². The highest BCUT2D eigenvalue weighted by atomic mass is 32.1. The summed E-state index contributed by atoms with van der Waals surface area (Å²) in [6.45, 7) is 3.42. The zero-order valence-electron chi connectivity index (χ0n) is 25.3. The second-order valence-corrected chi connectivity index (χ2v) is 13.0. The Morgan fingerprint density at radius 1 is 0.600 bits per heavy atom. The van der Waals surface area contributed by atoms with E-state index in [1.165, 1.54) is 24.2 Å². The number of hydrogen-bond acceptors (Lipinski definition) is 6. The van der Waals surface area contributed by atoms with Crippen LogP contribution in [0.2, 0.25) is 0 Å². The molecule has 8 nitrogen and oxygen atoms in total. The van der Waals surface area contributed by atoms with Crippen molar-refractivity contribution in [3.05, 3.63) is 93.7 Å². The molecule has 0 unspecified atom stereocenters. The van der Waals surface area contributed by atoms with E-state index in [2.05, 4.69) is 5.32 Å². The van der Waals surface area contributed by atoms with Gasteiger partial charge >= 0.3 is 5.97 Å². The summed E-state index contributed by atoms with van der Waals surface area (Å²) < 4.78 is 0. The monoisotopic (exact) mass is 643 g/mol. The predicted molar refractivity (Wildman–Crippen MR) is 179 cm³/mol. The number of carbonyl (C=O) groups is 4. The molecule has 2 N–H and O–H groups in total. The first kappa shape index (κ1) is 32.1. The Morgan fingerprint density at radius 3 is 1.38 bits per heavy atom. The maximum atomic E-state index is 12.5. The molecule has 4 heterocycles. The van der Waals surface area contributed by atoms with Crippen molar-refractivity contribution in [2.45, 2.75) is 38.5 Å². The molecule has 0 bridgehead atoms. The number of nitrogens with one attached hydrogen (secondary N) is 1. The van der Waals surface area contributed by atoms with Gasteiger partial charge < -0.3 is 20.2 Å². The highest BCUT2D eigenvalue weighted by Crippen LogP contribution is 2.30. The van der Waals surface area contributed by atoms with Gasteiger partial charge in [0.1, 0.15) is 0 Å². The van der Waals surface area contributed by atoms with E-state index in [0.29, 0.717) is 5.56 Å². The quantitative estimate of drug-likeness (QED) is 0.232. The van der Waals surface area contributed by atoms with Gasteiger partial charge in [0.2, 0.25) is 0 Å². The molecular formula is C35H37N3O5S2. The minimum Gasteiger partial charge on any atom is -0.478 e. The molecule has 10 heteroatoms. The third-order valence-electron chi connectivity index (χ3n) is 8.05. The Hall–Kier alpha value is -4.28. The van der Waals surface area contributed by atoms with Crippen LogP contribution in [0.4, 0.5) is 0 Å². The minimum atomic E-state index is -0.932. The lowest BCUT2D eigenvalue weighted by molar-refractivity contribution is 0.0693. The summed E-state index contributed by atoms with van der Waals surface area (Å²) >= 11 is 3.08. The Morgan fingerprint density at radius 2 is 1.00 bits per heavy atom. The maximum Gasteiger partial charge on any atom is 0.335 e. The van der Waals surface area contributed by atoms with Gasteiger partial charge in [-0.15, -0.1) is 22.7 Å². The zero-order valence-corrected chi connectivity index (χ0v) is 26.9. The standard InChI is InChI=1S/C18H20N2O2S.C17H17NO3S/c1-19-17(21)14-7-5-13(6-8-14)16-11-15(12-23-16)18(22)20-9-3-2-4-10-20;19-16(18-8-2-1-3-9-18)14-10-15(22-11-14)12-4-6-13(7-5-12)17(20)21/h5-8,11-12H,2-4,9-10H2,1H3,(H,19,21);4-7,10-11H,1-3,8-9H2,(H,20,21). The number of aromatic carboxylic acids is 1. The Labute approximate surface area is 271 Å². The van der Waals surface area contributed by atoms with E-state index in [1.54, 1.807) is 54.8 Å². The molecule has 6 rings (SSSR count). The first-order chi connectivity index (χ1) is 21.8. The Bertz CT molecular complexity index is 1630. The summed E-state index contributed by atoms with van der Waals surface area (Å²) in [5, 5.41) is 15.3. The lowest BCUT2D eigenvalue weighted by Gasteiger charge is -2.26. The van der Waals surface area contributed by atoms with Crippen LogP contribution >= 0.6 is 22.7 Å². The Balaban J connectivity index is 0.000000178. The van der Waals surface area contributed by atoms with Crippen molar-refractivity contribution in [1.82, 2.24) is 15.1 Å². The van der Waals surface area contributed by atoms with Crippen molar-refractivity contribution < 1.29 is 24.3 Å². The average molecular weight is 644 g/mol. The van der Waals surface area contributed by atoms with Gasteiger partial charge in [-0.2, -0.15) is 0 Å². The zero-order chi connectivity index (χ0) is 31.8. The molecule has 45 heavy (non-hydrogen) atoms. The molecule has 2 saturated heterocycles. The van der Waals surface area contributed by atoms with Crippen LogP contribution in [0.25, 0.3) is 20.9 Å². The molecule has 0 atom stereocenters. The van der Waals surface area contributed by atoms with Crippen LogP contribution < -0.4 is 5.32 Å². The highest BCUT2D eigenvalue weighted by Gasteiger charge is 2.21. The van der Waals surface area contributed by atoms with Crippen LogP contribution in [0.1, 0.15) is 80.0 Å². The number of carbonyl (C=O) groups excluding carboxylic acids is 3. The van der Waals surface area contributed by atoms with E-state index in [1.807, 2.05) is 44.8 Å². The van der Waals surface area contributed by atoms with Gasteiger partial charge in [0.15, 0.2) is 0 Å². The molecule has 0 saturated carbocycles. The molecule has 0 aliphatic carbocycles. The van der Waals surface area contributed by atoms with Gasteiger partial charge in [0, 0.05) is 59.3 Å². The summed E-state index contributed by atoms with van der Waals surface area (Å²) in [6.07, 6.45) is 6.79. The van der Waals surface area contributed by atoms with E-state index >= 15 is 0 Å². The summed E-state index contributed by atoms with van der Waals surface area (Å²) in [4.78, 5) is 53.3. The van der Waals surface area contributed by atoms with Gasteiger partial charge in [-0.1, -0.05) is 24.3 Å². The molecular weight excluding hydrogens is 607 g/mol. The molecule has 2 aromatic heterocycles. The number of carboxylic acids is 1. The molecule has 2 aliphatic heterocycles. The average Bonchev–Trinajstić information content (AvgIpc) is 3.80. The summed E-state index contributed by atoms with van der Waals surface area (Å²) in [5.41, 5.74) is 4.36. The van der Waals surface area contributed by atoms with Gasteiger partial charge in [-0.3, -0.25) is 14.4 Å². The van der Waals surface area contributed by atoms with Crippen LogP contribution in [0.3, 0.4) is 0 Å². The SMILES string of the molecule is CNC(=O)c1ccc(-c2cc(C(=O)N3CCCCC3)cs2)cc1.O=C(O)c1ccc(-c2cc(C(=O)N3CCCCC3)cs2)cc1. The number of rotatable bonds is 6. The number of piperidine rings is 2. The molecule has 2 aromatic carbocycles. The first-order valence-electron chi connectivity index (χ1n) is 15.3. The van der Waals surface area contributed by atoms with Gasteiger partial charge in [0.25, 0.3) is 17.7 Å². The molecule has 3 amide bonds. The highest BCUT2D eigenvalue weighted by molar-refractivity contribution is 7.14. The lowest BCUT2D eigenvalue weighted by atomic mass is 10.1. The number of benzene rings is 2. The second-order valence-electron chi connectivity index (χ2n) is 11.1. The van der Waals surface area contributed by atoms with E-state index in [-0.39, 0.29) is 23.3 Å². The van der Waals surface area contributed by atoms with Crippen molar-refractivity contribution in [2.75, 3.05) is 33.2 Å². The van der Waals surface area contributed by atoms with Crippen LogP contribution in [0.5, 0.6) is 0 Å². The fourth-order valence-electron chi connectivity index (χ4n) is 5.47. The Kier molecular flexibility index (Phi) is 10.8. The van der Waals surface area contributed by atoms with E-state index in [0.717, 1.165) is 83.9 Å². The smallest absolute Gasteiger partial charge is 0.335 e. The summed E-state index contributed by atoms with van der Waals surface area (Å²) in [6, 6.07) is 18.0. The van der Waals surface area contributed by atoms with E-state index in [4.69, 9.17) is 5.11 Å². The third kappa shape index (κ3) is 8.06. The van der Waals surface area contributed by atoms with Gasteiger partial charge in [0.05, 0.1) is 16.7 Å². The molecule has 2 aliphatic rings. The molecule has 4 aromatic rings.